The van der Waals surface area contributed by atoms with Crippen molar-refractivity contribution in [2.45, 2.75) is 39.0 Å². The quantitative estimate of drug-likeness (QED) is 0.521. The van der Waals surface area contributed by atoms with E-state index in [1.54, 1.807) is 13.2 Å². The molecule has 0 aliphatic rings. The molecule has 4 heteroatoms. The number of unbranched alkanes of at least 4 members (excludes halogenated alkanes) is 3. The topological polar surface area (TPSA) is 58.1 Å². The van der Waals surface area contributed by atoms with Gasteiger partial charge in [0.15, 0.2) is 0 Å². The third-order valence-electron chi connectivity index (χ3n) is 4.68. The molecule has 2 N–H and O–H groups in total. The standard InChI is InChI=1S/C22H26N2O2/c1-3-4-5-7-12-17-13-18(26-2)14-20(25)21(17)22-19(15-23-24-22)16-10-8-6-9-11-16/h6,8-11,13-15,25H,3-5,7,12H2,1-2H3,(H,23,24). The van der Waals surface area contributed by atoms with Crippen LogP contribution < -0.4 is 4.74 Å². The number of hydrogen-bond acceptors (Lipinski definition) is 3. The summed E-state index contributed by atoms with van der Waals surface area (Å²) < 4.78 is 5.36. The molecule has 0 spiro atoms. The molecular formula is C22H26N2O2. The van der Waals surface area contributed by atoms with Gasteiger partial charge in [0.05, 0.1) is 19.0 Å². The highest BCUT2D eigenvalue weighted by Gasteiger charge is 2.18. The summed E-state index contributed by atoms with van der Waals surface area (Å²) in [4.78, 5) is 0. The molecule has 0 saturated carbocycles. The van der Waals surface area contributed by atoms with Crippen molar-refractivity contribution >= 4 is 0 Å². The second kappa shape index (κ2) is 8.56. The molecule has 3 aromatic rings. The van der Waals surface area contributed by atoms with Crippen molar-refractivity contribution in [3.05, 3.63) is 54.2 Å². The molecule has 0 bridgehead atoms. The third-order valence-corrected chi connectivity index (χ3v) is 4.68. The molecule has 0 aliphatic heterocycles. The second-order valence-electron chi connectivity index (χ2n) is 6.52. The molecular weight excluding hydrogens is 324 g/mol. The predicted octanol–water partition coefficient (Wildman–Crippen LogP) is 5.58. The zero-order chi connectivity index (χ0) is 18.4. The smallest absolute Gasteiger partial charge is 0.128 e. The molecule has 4 nitrogen and oxygen atoms in total. The van der Waals surface area contributed by atoms with Gasteiger partial charge in [-0.1, -0.05) is 56.5 Å². The molecule has 26 heavy (non-hydrogen) atoms. The minimum Gasteiger partial charge on any atom is -0.507 e. The van der Waals surface area contributed by atoms with E-state index < -0.39 is 0 Å². The summed E-state index contributed by atoms with van der Waals surface area (Å²) in [6, 6.07) is 13.8. The number of phenolic OH excluding ortho intramolecular Hbond substituents is 1. The van der Waals surface area contributed by atoms with Gasteiger partial charge in [0.25, 0.3) is 0 Å². The van der Waals surface area contributed by atoms with Crippen LogP contribution in [-0.4, -0.2) is 22.4 Å². The van der Waals surface area contributed by atoms with E-state index in [4.69, 9.17) is 4.74 Å². The maximum Gasteiger partial charge on any atom is 0.128 e. The monoisotopic (exact) mass is 350 g/mol. The molecule has 0 radical (unpaired) electrons. The van der Waals surface area contributed by atoms with Crippen LogP contribution >= 0.6 is 0 Å². The SMILES string of the molecule is CCCCCCc1cc(OC)cc(O)c1-c1[nH]ncc1-c1ccccc1. The Labute approximate surface area is 154 Å². The van der Waals surface area contributed by atoms with Gasteiger partial charge in [-0.3, -0.25) is 5.10 Å². The summed E-state index contributed by atoms with van der Waals surface area (Å²) in [5, 5.41) is 18.1. The van der Waals surface area contributed by atoms with Crippen molar-refractivity contribution in [2.24, 2.45) is 0 Å². The maximum absolute atomic E-state index is 10.7. The lowest BCUT2D eigenvalue weighted by Crippen LogP contribution is -1.96. The zero-order valence-electron chi connectivity index (χ0n) is 15.5. The average molecular weight is 350 g/mol. The number of ether oxygens (including phenoxy) is 1. The molecule has 136 valence electrons. The number of H-pyrrole nitrogens is 1. The minimum atomic E-state index is 0.219. The number of aryl methyl sites for hydroxylation is 1. The lowest BCUT2D eigenvalue weighted by atomic mass is 9.94. The fraction of sp³-hybridized carbons (Fsp3) is 0.318. The Bertz CT molecular complexity index is 841. The Morgan fingerprint density at radius 1 is 1.08 bits per heavy atom. The van der Waals surface area contributed by atoms with Gasteiger partial charge in [-0.2, -0.15) is 5.10 Å². The van der Waals surface area contributed by atoms with Crippen LogP contribution in [0, 0.1) is 0 Å². The minimum absolute atomic E-state index is 0.219. The van der Waals surface area contributed by atoms with E-state index in [0.717, 1.165) is 40.8 Å². The van der Waals surface area contributed by atoms with Gasteiger partial charge in [-0.15, -0.1) is 0 Å². The lowest BCUT2D eigenvalue weighted by Gasteiger charge is -2.14. The van der Waals surface area contributed by atoms with E-state index in [0.29, 0.717) is 5.75 Å². The Balaban J connectivity index is 2.03. The number of aromatic amines is 1. The van der Waals surface area contributed by atoms with Crippen molar-refractivity contribution in [3.63, 3.8) is 0 Å². The predicted molar refractivity (Wildman–Crippen MR) is 106 cm³/mol. The summed E-state index contributed by atoms with van der Waals surface area (Å²) >= 11 is 0. The van der Waals surface area contributed by atoms with Gasteiger partial charge >= 0.3 is 0 Å². The Kier molecular flexibility index (Phi) is 5.95. The van der Waals surface area contributed by atoms with E-state index >= 15 is 0 Å². The number of aromatic nitrogens is 2. The molecule has 1 aromatic heterocycles. The zero-order valence-corrected chi connectivity index (χ0v) is 15.5. The number of nitrogens with one attached hydrogen (secondary N) is 1. The number of phenols is 1. The fourth-order valence-corrected chi connectivity index (χ4v) is 3.32. The molecule has 0 atom stereocenters. The van der Waals surface area contributed by atoms with E-state index in [1.165, 1.54) is 19.3 Å². The fourth-order valence-electron chi connectivity index (χ4n) is 3.32. The first kappa shape index (κ1) is 18.1. The van der Waals surface area contributed by atoms with Crippen LogP contribution in [0.3, 0.4) is 0 Å². The van der Waals surface area contributed by atoms with Gasteiger partial charge in [0.2, 0.25) is 0 Å². The van der Waals surface area contributed by atoms with Gasteiger partial charge in [-0.05, 0) is 30.0 Å². The number of hydrogen-bond donors (Lipinski definition) is 2. The summed E-state index contributed by atoms with van der Waals surface area (Å²) in [5.41, 5.74) is 4.81. The van der Waals surface area contributed by atoms with Crippen LogP contribution in [0.1, 0.15) is 38.2 Å². The summed E-state index contributed by atoms with van der Waals surface area (Å²) in [7, 11) is 1.63. The molecule has 0 saturated heterocycles. The number of aromatic hydroxyl groups is 1. The molecule has 2 aromatic carbocycles. The number of methoxy groups -OCH3 is 1. The summed E-state index contributed by atoms with van der Waals surface area (Å²) in [6.07, 6.45) is 7.41. The molecule has 3 rings (SSSR count). The summed E-state index contributed by atoms with van der Waals surface area (Å²) in [5.74, 6) is 0.897. The van der Waals surface area contributed by atoms with E-state index in [1.807, 2.05) is 30.5 Å². The van der Waals surface area contributed by atoms with Crippen LogP contribution in [0.2, 0.25) is 0 Å². The number of nitrogens with zero attached hydrogens (tertiary/aromatic N) is 1. The largest absolute Gasteiger partial charge is 0.507 e. The average Bonchev–Trinajstić information content (AvgIpc) is 3.14. The van der Waals surface area contributed by atoms with E-state index in [2.05, 4.69) is 29.3 Å². The van der Waals surface area contributed by atoms with Gasteiger partial charge in [-0.25, -0.2) is 0 Å². The maximum atomic E-state index is 10.7. The van der Waals surface area contributed by atoms with Crippen molar-refractivity contribution in [1.82, 2.24) is 10.2 Å². The highest BCUT2D eigenvalue weighted by Crippen LogP contribution is 2.40. The van der Waals surface area contributed by atoms with Crippen molar-refractivity contribution < 1.29 is 9.84 Å². The normalized spacial score (nSPS) is 10.8. The van der Waals surface area contributed by atoms with Crippen molar-refractivity contribution in [1.29, 1.82) is 0 Å². The van der Waals surface area contributed by atoms with Crippen LogP contribution in [0.15, 0.2) is 48.7 Å². The Hall–Kier alpha value is -2.75. The Morgan fingerprint density at radius 2 is 1.88 bits per heavy atom. The lowest BCUT2D eigenvalue weighted by molar-refractivity contribution is 0.407. The number of rotatable bonds is 8. The Morgan fingerprint density at radius 3 is 2.62 bits per heavy atom. The van der Waals surface area contributed by atoms with Crippen LogP contribution in [0.25, 0.3) is 22.4 Å². The molecule has 1 heterocycles. The van der Waals surface area contributed by atoms with Gasteiger partial charge in [0.1, 0.15) is 11.5 Å². The van der Waals surface area contributed by atoms with Gasteiger partial charge < -0.3 is 9.84 Å². The van der Waals surface area contributed by atoms with Crippen LogP contribution in [0.4, 0.5) is 0 Å². The first-order chi connectivity index (χ1) is 12.7. The molecule has 0 fully saturated rings. The van der Waals surface area contributed by atoms with Crippen molar-refractivity contribution in [2.75, 3.05) is 7.11 Å². The summed E-state index contributed by atoms with van der Waals surface area (Å²) in [6.45, 7) is 2.21. The van der Waals surface area contributed by atoms with Crippen LogP contribution in [-0.2, 0) is 6.42 Å². The van der Waals surface area contributed by atoms with E-state index in [-0.39, 0.29) is 5.75 Å². The van der Waals surface area contributed by atoms with Gasteiger partial charge in [0, 0.05) is 17.2 Å². The first-order valence-electron chi connectivity index (χ1n) is 9.23. The van der Waals surface area contributed by atoms with Crippen LogP contribution in [0.5, 0.6) is 11.5 Å². The molecule has 0 unspecified atom stereocenters. The third kappa shape index (κ3) is 3.90. The highest BCUT2D eigenvalue weighted by molar-refractivity contribution is 5.85. The molecule has 0 amide bonds. The first-order valence-corrected chi connectivity index (χ1v) is 9.23. The highest BCUT2D eigenvalue weighted by atomic mass is 16.5. The molecule has 0 aliphatic carbocycles. The van der Waals surface area contributed by atoms with Crippen molar-refractivity contribution in [3.8, 4) is 33.9 Å². The second-order valence-corrected chi connectivity index (χ2v) is 6.52. The number of benzene rings is 2. The van der Waals surface area contributed by atoms with E-state index in [9.17, 15) is 5.11 Å².